The zero-order valence-electron chi connectivity index (χ0n) is 11.1. The summed E-state index contributed by atoms with van der Waals surface area (Å²) in [6.07, 6.45) is 0. The minimum atomic E-state index is -4.47. The van der Waals surface area contributed by atoms with Crippen molar-refractivity contribution in [2.75, 3.05) is 13.1 Å². The van der Waals surface area contributed by atoms with Gasteiger partial charge in [0.1, 0.15) is 6.04 Å². The van der Waals surface area contributed by atoms with Gasteiger partial charge in [0.15, 0.2) is 0 Å². The van der Waals surface area contributed by atoms with Crippen LogP contribution in [-0.2, 0) is 4.79 Å². The smallest absolute Gasteiger partial charge is 0.353 e. The highest BCUT2D eigenvalue weighted by molar-refractivity contribution is 8.00. The summed E-state index contributed by atoms with van der Waals surface area (Å²) in [6.45, 7) is 2.12. The zero-order chi connectivity index (χ0) is 15.6. The Labute approximate surface area is 123 Å². The van der Waals surface area contributed by atoms with Crippen LogP contribution in [0.25, 0.3) is 0 Å². The number of carbonyl (C=O) groups excluding carboxylic acids is 2. The first-order chi connectivity index (χ1) is 9.79. The second kappa shape index (κ2) is 5.97. The van der Waals surface area contributed by atoms with Crippen LogP contribution >= 0.6 is 11.8 Å². The number of hydrogen-bond acceptors (Lipinski definition) is 3. The number of amides is 2. The Bertz CT molecular complexity index is 563. The normalized spacial score (nSPS) is 19.3. The van der Waals surface area contributed by atoms with Gasteiger partial charge >= 0.3 is 5.51 Å². The number of piperazine rings is 1. The van der Waals surface area contributed by atoms with E-state index in [0.29, 0.717) is 6.54 Å². The van der Waals surface area contributed by atoms with Crippen LogP contribution in [0.5, 0.6) is 0 Å². The molecule has 4 nitrogen and oxygen atoms in total. The highest BCUT2D eigenvalue weighted by atomic mass is 32.2. The van der Waals surface area contributed by atoms with Crippen LogP contribution in [0, 0.1) is 0 Å². The summed E-state index contributed by atoms with van der Waals surface area (Å²) < 4.78 is 37.6. The lowest BCUT2D eigenvalue weighted by Crippen LogP contribution is -2.55. The third-order valence-corrected chi connectivity index (χ3v) is 3.91. The quantitative estimate of drug-likeness (QED) is 0.851. The average molecular weight is 318 g/mol. The SMILES string of the molecule is CC1C(=O)NCCN1C(=O)c1ccccc1SC(F)(F)F. The molecule has 1 aliphatic rings. The molecule has 1 unspecified atom stereocenters. The van der Waals surface area contributed by atoms with E-state index in [1.165, 1.54) is 29.2 Å². The molecule has 0 saturated carbocycles. The van der Waals surface area contributed by atoms with Gasteiger partial charge in [-0.1, -0.05) is 12.1 Å². The lowest BCUT2D eigenvalue weighted by molar-refractivity contribution is -0.127. The highest BCUT2D eigenvalue weighted by Gasteiger charge is 2.34. The number of rotatable bonds is 2. The molecular formula is C13H13F3N2O2S. The molecule has 1 fully saturated rings. The summed E-state index contributed by atoms with van der Waals surface area (Å²) in [7, 11) is 0. The van der Waals surface area contributed by atoms with Gasteiger partial charge in [-0.2, -0.15) is 13.2 Å². The molecule has 114 valence electrons. The minimum Gasteiger partial charge on any atom is -0.353 e. The summed E-state index contributed by atoms with van der Waals surface area (Å²) >= 11 is -0.326. The summed E-state index contributed by atoms with van der Waals surface area (Å²) in [5.41, 5.74) is -4.51. The number of hydrogen-bond donors (Lipinski definition) is 1. The van der Waals surface area contributed by atoms with Gasteiger partial charge in [-0.25, -0.2) is 0 Å². The number of benzene rings is 1. The van der Waals surface area contributed by atoms with Crippen molar-refractivity contribution >= 4 is 23.6 Å². The Morgan fingerprint density at radius 2 is 2.05 bits per heavy atom. The van der Waals surface area contributed by atoms with E-state index in [4.69, 9.17) is 0 Å². The fourth-order valence-corrected chi connectivity index (χ4v) is 2.73. The van der Waals surface area contributed by atoms with Crippen molar-refractivity contribution < 1.29 is 22.8 Å². The summed E-state index contributed by atoms with van der Waals surface area (Å²) in [5.74, 6) is -0.875. The minimum absolute atomic E-state index is 0.0404. The van der Waals surface area contributed by atoms with Crippen LogP contribution in [0.3, 0.4) is 0 Å². The van der Waals surface area contributed by atoms with Gasteiger partial charge in [-0.15, -0.1) is 0 Å². The Hall–Kier alpha value is -1.70. The standard InChI is InChI=1S/C13H13F3N2O2S/c1-8-11(19)17-6-7-18(8)12(20)9-4-2-3-5-10(9)21-13(14,15)16/h2-5,8H,6-7H2,1H3,(H,17,19). The van der Waals surface area contributed by atoms with Crippen molar-refractivity contribution in [1.29, 1.82) is 0 Å². The van der Waals surface area contributed by atoms with Gasteiger partial charge < -0.3 is 10.2 Å². The molecule has 1 atom stereocenters. The molecule has 1 aliphatic heterocycles. The van der Waals surface area contributed by atoms with E-state index in [9.17, 15) is 22.8 Å². The lowest BCUT2D eigenvalue weighted by Gasteiger charge is -2.33. The van der Waals surface area contributed by atoms with Crippen molar-refractivity contribution in [1.82, 2.24) is 10.2 Å². The second-order valence-electron chi connectivity index (χ2n) is 4.51. The van der Waals surface area contributed by atoms with Crippen LogP contribution < -0.4 is 5.32 Å². The molecule has 0 spiro atoms. The van der Waals surface area contributed by atoms with Gasteiger partial charge in [-0.3, -0.25) is 9.59 Å². The van der Waals surface area contributed by atoms with Crippen LogP contribution in [0.1, 0.15) is 17.3 Å². The first-order valence-electron chi connectivity index (χ1n) is 6.23. The average Bonchev–Trinajstić information content (AvgIpc) is 2.40. The molecule has 0 radical (unpaired) electrons. The molecule has 1 N–H and O–H groups in total. The molecule has 8 heteroatoms. The third-order valence-electron chi connectivity index (χ3n) is 3.10. The van der Waals surface area contributed by atoms with E-state index in [2.05, 4.69) is 5.32 Å². The summed E-state index contributed by atoms with van der Waals surface area (Å²) in [4.78, 5) is 25.1. The fourth-order valence-electron chi connectivity index (χ4n) is 2.07. The summed E-state index contributed by atoms with van der Waals surface area (Å²) in [5, 5.41) is 2.60. The van der Waals surface area contributed by atoms with Crippen molar-refractivity contribution in [3.63, 3.8) is 0 Å². The van der Waals surface area contributed by atoms with Crippen molar-refractivity contribution in [2.24, 2.45) is 0 Å². The molecule has 0 bridgehead atoms. The van der Waals surface area contributed by atoms with Gasteiger partial charge in [0.2, 0.25) is 5.91 Å². The molecule has 1 heterocycles. The molecule has 1 aromatic carbocycles. The fraction of sp³-hybridized carbons (Fsp3) is 0.385. The molecule has 21 heavy (non-hydrogen) atoms. The first kappa shape index (κ1) is 15.7. The van der Waals surface area contributed by atoms with E-state index in [1.54, 1.807) is 6.92 Å². The number of thioether (sulfide) groups is 1. The molecule has 1 saturated heterocycles. The van der Waals surface area contributed by atoms with Crippen molar-refractivity contribution in [3.8, 4) is 0 Å². The Morgan fingerprint density at radius 1 is 1.38 bits per heavy atom. The van der Waals surface area contributed by atoms with Gasteiger partial charge in [0.25, 0.3) is 5.91 Å². The molecule has 1 aromatic rings. The maximum Gasteiger partial charge on any atom is 0.446 e. The van der Waals surface area contributed by atoms with E-state index in [1.807, 2.05) is 0 Å². The van der Waals surface area contributed by atoms with Crippen LogP contribution in [0.15, 0.2) is 29.2 Å². The Kier molecular flexibility index (Phi) is 4.46. The number of carbonyl (C=O) groups is 2. The topological polar surface area (TPSA) is 49.4 Å². The molecule has 0 aromatic heterocycles. The number of nitrogens with one attached hydrogen (secondary N) is 1. The predicted octanol–water partition coefficient (Wildman–Crippen LogP) is 2.26. The Balaban J connectivity index is 2.29. The number of nitrogens with zero attached hydrogens (tertiary/aromatic N) is 1. The maximum absolute atomic E-state index is 12.5. The Morgan fingerprint density at radius 3 is 2.71 bits per heavy atom. The van der Waals surface area contributed by atoms with Crippen molar-refractivity contribution in [2.45, 2.75) is 23.4 Å². The lowest BCUT2D eigenvalue weighted by atomic mass is 10.1. The number of halogens is 3. The monoisotopic (exact) mass is 318 g/mol. The van der Waals surface area contributed by atoms with E-state index >= 15 is 0 Å². The van der Waals surface area contributed by atoms with Crippen LogP contribution in [-0.4, -0.2) is 41.4 Å². The zero-order valence-corrected chi connectivity index (χ0v) is 11.9. The van der Waals surface area contributed by atoms with E-state index in [-0.39, 0.29) is 34.7 Å². The predicted molar refractivity (Wildman–Crippen MR) is 71.9 cm³/mol. The van der Waals surface area contributed by atoms with E-state index in [0.717, 1.165) is 0 Å². The second-order valence-corrected chi connectivity index (χ2v) is 5.62. The summed E-state index contributed by atoms with van der Waals surface area (Å²) in [6, 6.07) is 4.84. The first-order valence-corrected chi connectivity index (χ1v) is 7.04. The molecule has 2 amide bonds. The maximum atomic E-state index is 12.5. The largest absolute Gasteiger partial charge is 0.446 e. The van der Waals surface area contributed by atoms with E-state index < -0.39 is 17.5 Å². The van der Waals surface area contributed by atoms with Gasteiger partial charge in [0.05, 0.1) is 5.56 Å². The van der Waals surface area contributed by atoms with Crippen LogP contribution in [0.2, 0.25) is 0 Å². The van der Waals surface area contributed by atoms with Crippen LogP contribution in [0.4, 0.5) is 13.2 Å². The molecular weight excluding hydrogens is 305 g/mol. The molecule has 2 rings (SSSR count). The molecule has 0 aliphatic carbocycles. The van der Waals surface area contributed by atoms with Gasteiger partial charge in [-0.05, 0) is 30.8 Å². The third kappa shape index (κ3) is 3.69. The van der Waals surface area contributed by atoms with Crippen molar-refractivity contribution in [3.05, 3.63) is 29.8 Å². The van der Waals surface area contributed by atoms with Gasteiger partial charge in [0, 0.05) is 18.0 Å². The number of alkyl halides is 3. The highest BCUT2D eigenvalue weighted by Crippen LogP contribution is 2.38.